The summed E-state index contributed by atoms with van der Waals surface area (Å²) in [6.45, 7) is -0.279. The maximum absolute atomic E-state index is 12.2. The number of carboxylic acid groups (broad SMARTS) is 1. The van der Waals surface area contributed by atoms with E-state index in [1.165, 1.54) is 11.2 Å². The van der Waals surface area contributed by atoms with Gasteiger partial charge in [-0.15, -0.1) is 0 Å². The number of amides is 1. The molecular formula is C12H19NO5S. The van der Waals surface area contributed by atoms with Gasteiger partial charge in [-0.2, -0.15) is 0 Å². The summed E-state index contributed by atoms with van der Waals surface area (Å²) in [6.07, 6.45) is 4.49. The van der Waals surface area contributed by atoms with Crippen LogP contribution in [0.1, 0.15) is 32.1 Å². The van der Waals surface area contributed by atoms with Gasteiger partial charge >= 0.3 is 5.97 Å². The van der Waals surface area contributed by atoms with Crippen molar-refractivity contribution < 1.29 is 23.1 Å². The molecule has 0 aromatic rings. The molecule has 0 atom stereocenters. The van der Waals surface area contributed by atoms with Crippen molar-refractivity contribution in [3.8, 4) is 0 Å². The Bertz CT molecular complexity index is 490. The summed E-state index contributed by atoms with van der Waals surface area (Å²) in [5, 5.41) is 8.82. The molecule has 7 heteroatoms. The summed E-state index contributed by atoms with van der Waals surface area (Å²) < 4.78 is 22.7. The molecule has 2 fully saturated rings. The second-order valence-electron chi connectivity index (χ2n) is 5.89. The molecule has 1 amide bonds. The lowest BCUT2D eigenvalue weighted by atomic mass is 10.0. The number of carboxylic acids is 1. The van der Waals surface area contributed by atoms with Crippen LogP contribution in [-0.2, 0) is 19.4 Å². The Morgan fingerprint density at radius 2 is 1.89 bits per heavy atom. The minimum absolute atomic E-state index is 0.0251. The third kappa shape index (κ3) is 4.19. The third-order valence-corrected chi connectivity index (χ3v) is 4.80. The molecule has 6 nitrogen and oxygen atoms in total. The third-order valence-electron chi connectivity index (χ3n) is 3.67. The molecule has 0 unspecified atom stereocenters. The van der Waals surface area contributed by atoms with Crippen LogP contribution < -0.4 is 0 Å². The molecule has 0 spiro atoms. The van der Waals surface area contributed by atoms with Gasteiger partial charge in [0, 0.05) is 18.7 Å². The molecule has 0 aromatic carbocycles. The maximum Gasteiger partial charge on any atom is 0.323 e. The second kappa shape index (κ2) is 4.77. The zero-order valence-corrected chi connectivity index (χ0v) is 11.8. The highest BCUT2D eigenvalue weighted by Crippen LogP contribution is 2.50. The van der Waals surface area contributed by atoms with Crippen LogP contribution in [0.5, 0.6) is 0 Å². The van der Waals surface area contributed by atoms with Gasteiger partial charge in [0.2, 0.25) is 5.91 Å². The number of rotatable bonds is 7. The van der Waals surface area contributed by atoms with Crippen molar-refractivity contribution in [3.63, 3.8) is 0 Å². The van der Waals surface area contributed by atoms with E-state index in [2.05, 4.69) is 0 Å². The lowest BCUT2D eigenvalue weighted by Crippen LogP contribution is -2.39. The molecule has 0 aromatic heterocycles. The standard InChI is InChI=1S/C12H19NO5S/c1-19(17,18)8-12(4-5-12)6-10(14)13(7-11(15)16)9-2-3-9/h9H,2-8H2,1H3,(H,15,16). The lowest BCUT2D eigenvalue weighted by Gasteiger charge is -2.23. The summed E-state index contributed by atoms with van der Waals surface area (Å²) >= 11 is 0. The van der Waals surface area contributed by atoms with Crippen molar-refractivity contribution in [2.45, 2.75) is 38.1 Å². The highest BCUT2D eigenvalue weighted by atomic mass is 32.2. The number of nitrogens with zero attached hydrogens (tertiary/aromatic N) is 1. The van der Waals surface area contributed by atoms with E-state index in [1.54, 1.807) is 0 Å². The number of carbonyl (C=O) groups is 2. The van der Waals surface area contributed by atoms with E-state index in [0.717, 1.165) is 25.7 Å². The zero-order valence-electron chi connectivity index (χ0n) is 11.0. The van der Waals surface area contributed by atoms with Crippen LogP contribution in [0.15, 0.2) is 0 Å². The summed E-state index contributed by atoms with van der Waals surface area (Å²) in [5.41, 5.74) is -0.434. The largest absolute Gasteiger partial charge is 0.480 e. The Labute approximate surface area is 112 Å². The van der Waals surface area contributed by atoms with E-state index in [9.17, 15) is 18.0 Å². The Hall–Kier alpha value is -1.11. The Balaban J connectivity index is 1.97. The minimum atomic E-state index is -3.11. The highest BCUT2D eigenvalue weighted by Gasteiger charge is 2.48. The average molecular weight is 289 g/mol. The molecule has 1 N–H and O–H groups in total. The second-order valence-corrected chi connectivity index (χ2v) is 8.03. The van der Waals surface area contributed by atoms with Crippen LogP contribution in [0.25, 0.3) is 0 Å². The zero-order chi connectivity index (χ0) is 14.3. The van der Waals surface area contributed by atoms with E-state index in [0.29, 0.717) is 0 Å². The van der Waals surface area contributed by atoms with Crippen molar-refractivity contribution in [2.75, 3.05) is 18.6 Å². The number of hydrogen-bond donors (Lipinski definition) is 1. The van der Waals surface area contributed by atoms with Gasteiger partial charge in [0.25, 0.3) is 0 Å². The first-order chi connectivity index (χ1) is 8.71. The first-order valence-electron chi connectivity index (χ1n) is 6.40. The molecule has 0 heterocycles. The first-order valence-corrected chi connectivity index (χ1v) is 8.46. The molecule has 108 valence electrons. The lowest BCUT2D eigenvalue weighted by molar-refractivity contribution is -0.145. The summed E-state index contributed by atoms with van der Waals surface area (Å²) in [4.78, 5) is 24.3. The molecule has 2 aliphatic carbocycles. The first kappa shape index (κ1) is 14.3. The predicted octanol–water partition coefficient (Wildman–Crippen LogP) is 0.277. The number of sulfone groups is 1. The monoisotopic (exact) mass is 289 g/mol. The molecule has 2 saturated carbocycles. The Morgan fingerprint density at radius 3 is 2.26 bits per heavy atom. The number of hydrogen-bond acceptors (Lipinski definition) is 4. The summed E-state index contributed by atoms with van der Waals surface area (Å²) in [6, 6.07) is 0.0395. The van der Waals surface area contributed by atoms with Gasteiger partial charge in [-0.05, 0) is 31.1 Å². The van der Waals surface area contributed by atoms with Crippen LogP contribution in [0.3, 0.4) is 0 Å². The average Bonchev–Trinajstić information content (AvgIpc) is 3.07. The van der Waals surface area contributed by atoms with Crippen molar-refractivity contribution in [1.29, 1.82) is 0 Å². The van der Waals surface area contributed by atoms with Gasteiger partial charge in [0.05, 0.1) is 5.75 Å². The van der Waals surface area contributed by atoms with E-state index >= 15 is 0 Å². The predicted molar refractivity (Wildman–Crippen MR) is 68.4 cm³/mol. The van der Waals surface area contributed by atoms with Crippen LogP contribution in [0, 0.1) is 5.41 Å². The SMILES string of the molecule is CS(=O)(=O)CC1(CC(=O)N(CC(=O)O)C2CC2)CC1. The van der Waals surface area contributed by atoms with Crippen LogP contribution >= 0.6 is 0 Å². The Kier molecular flexibility index (Phi) is 3.59. The number of carbonyl (C=O) groups excluding carboxylic acids is 1. The highest BCUT2D eigenvalue weighted by molar-refractivity contribution is 7.90. The molecule has 19 heavy (non-hydrogen) atoms. The Morgan fingerprint density at radius 1 is 1.32 bits per heavy atom. The van der Waals surface area contributed by atoms with Crippen molar-refractivity contribution in [3.05, 3.63) is 0 Å². The fraction of sp³-hybridized carbons (Fsp3) is 0.833. The smallest absolute Gasteiger partial charge is 0.323 e. The van der Waals surface area contributed by atoms with Gasteiger partial charge in [-0.3, -0.25) is 9.59 Å². The molecule has 2 rings (SSSR count). The van der Waals surface area contributed by atoms with Crippen LogP contribution in [-0.4, -0.2) is 54.9 Å². The molecule has 0 radical (unpaired) electrons. The molecule has 0 aliphatic heterocycles. The fourth-order valence-electron chi connectivity index (χ4n) is 2.48. The fourth-order valence-corrected chi connectivity index (χ4v) is 3.98. The number of aliphatic carboxylic acids is 1. The van der Waals surface area contributed by atoms with Crippen molar-refractivity contribution >= 4 is 21.7 Å². The van der Waals surface area contributed by atoms with E-state index < -0.39 is 21.2 Å². The molecule has 0 saturated heterocycles. The van der Waals surface area contributed by atoms with E-state index in [4.69, 9.17) is 5.11 Å². The molecule has 0 bridgehead atoms. The van der Waals surface area contributed by atoms with E-state index in [-0.39, 0.29) is 30.7 Å². The van der Waals surface area contributed by atoms with Gasteiger partial charge in [-0.25, -0.2) is 8.42 Å². The molecule has 2 aliphatic rings. The van der Waals surface area contributed by atoms with Crippen molar-refractivity contribution in [2.24, 2.45) is 5.41 Å². The summed E-state index contributed by atoms with van der Waals surface area (Å²) in [5.74, 6) is -1.21. The minimum Gasteiger partial charge on any atom is -0.480 e. The normalized spacial score (nSPS) is 20.9. The topological polar surface area (TPSA) is 91.8 Å². The van der Waals surface area contributed by atoms with Gasteiger partial charge in [-0.1, -0.05) is 0 Å². The van der Waals surface area contributed by atoms with Gasteiger partial charge in [0.15, 0.2) is 0 Å². The molecular weight excluding hydrogens is 270 g/mol. The quantitative estimate of drug-likeness (QED) is 0.726. The maximum atomic E-state index is 12.2. The summed E-state index contributed by atoms with van der Waals surface area (Å²) in [7, 11) is -3.11. The van der Waals surface area contributed by atoms with Crippen LogP contribution in [0.4, 0.5) is 0 Å². The van der Waals surface area contributed by atoms with Gasteiger partial charge in [0.1, 0.15) is 16.4 Å². The van der Waals surface area contributed by atoms with Crippen LogP contribution in [0.2, 0.25) is 0 Å². The van der Waals surface area contributed by atoms with E-state index in [1.807, 2.05) is 0 Å². The van der Waals surface area contributed by atoms with Crippen molar-refractivity contribution in [1.82, 2.24) is 4.90 Å². The van der Waals surface area contributed by atoms with Gasteiger partial charge < -0.3 is 10.0 Å².